The van der Waals surface area contributed by atoms with Crippen molar-refractivity contribution >= 4 is 32.6 Å². The fraction of sp³-hybridized carbons (Fsp3) is 0.706. The number of phosphoric ester groups is 2. The average Bonchev–Trinajstić information content (AvgIpc) is 3.43. The van der Waals surface area contributed by atoms with E-state index >= 15 is 0 Å². The monoisotopic (exact) mass is 619 g/mol. The molecule has 2 aliphatic rings. The zero-order chi connectivity index (χ0) is 29.6. The van der Waals surface area contributed by atoms with E-state index in [9.17, 15) is 49.6 Å². The largest absolute Gasteiger partial charge is 0.483 e. The Bertz CT molecular complexity index is 1290. The number of ether oxygens (including phenoxy) is 2. The molecule has 0 bridgehead atoms. The molecule has 21 nitrogen and oxygen atoms in total. The molecule has 2 fully saturated rings. The summed E-state index contributed by atoms with van der Waals surface area (Å²) in [5, 5.41) is 69.3. The zero-order valence-corrected chi connectivity index (χ0v) is 21.8. The molecular formula is C17H27N5O16P2. The van der Waals surface area contributed by atoms with Crippen LogP contribution in [-0.4, -0.2) is 133 Å². The highest BCUT2D eigenvalue weighted by Crippen LogP contribution is 2.61. The maximum Gasteiger partial charge on any atom is 0.483 e. The van der Waals surface area contributed by atoms with Crippen LogP contribution in [0.5, 0.6) is 0 Å². The molecule has 4 rings (SSSR count). The van der Waals surface area contributed by atoms with Gasteiger partial charge in [0, 0.05) is 0 Å². The highest BCUT2D eigenvalue weighted by atomic mass is 31.3. The van der Waals surface area contributed by atoms with Crippen molar-refractivity contribution in [2.24, 2.45) is 0 Å². The summed E-state index contributed by atoms with van der Waals surface area (Å²) in [6.07, 6.45) is -16.0. The summed E-state index contributed by atoms with van der Waals surface area (Å²) < 4.78 is 49.6. The number of fused-ring (bicyclic) bond motifs is 1. The van der Waals surface area contributed by atoms with Crippen molar-refractivity contribution in [1.29, 1.82) is 0 Å². The quantitative estimate of drug-likeness (QED) is 0.112. The van der Waals surface area contributed by atoms with Gasteiger partial charge >= 0.3 is 15.6 Å². The molecule has 2 aliphatic heterocycles. The molecule has 0 saturated carbocycles. The minimum absolute atomic E-state index is 0.0302. The van der Waals surface area contributed by atoms with Crippen LogP contribution >= 0.6 is 15.6 Å². The van der Waals surface area contributed by atoms with Gasteiger partial charge in [0.15, 0.2) is 24.0 Å². The molecule has 23 heteroatoms. The number of imidazole rings is 1. The highest BCUT2D eigenvalue weighted by Gasteiger charge is 2.51. The summed E-state index contributed by atoms with van der Waals surface area (Å²) in [7, 11) is -11.2. The molecule has 11 N–H and O–H groups in total. The van der Waals surface area contributed by atoms with Gasteiger partial charge in [0.2, 0.25) is 0 Å². The van der Waals surface area contributed by atoms with Crippen LogP contribution in [0.1, 0.15) is 6.23 Å². The summed E-state index contributed by atoms with van der Waals surface area (Å²) in [5.41, 5.74) is 6.03. The van der Waals surface area contributed by atoms with Gasteiger partial charge in [-0.25, -0.2) is 24.1 Å². The summed E-state index contributed by atoms with van der Waals surface area (Å²) in [6, 6.07) is 0. The van der Waals surface area contributed by atoms with Crippen molar-refractivity contribution in [3.05, 3.63) is 12.7 Å². The molecule has 0 spiro atoms. The van der Waals surface area contributed by atoms with E-state index in [0.29, 0.717) is 0 Å². The molecule has 12 atom stereocenters. The van der Waals surface area contributed by atoms with Crippen LogP contribution in [0.2, 0.25) is 0 Å². The third-order valence-electron chi connectivity index (χ3n) is 6.02. The lowest BCUT2D eigenvalue weighted by atomic mass is 9.96. The van der Waals surface area contributed by atoms with Crippen molar-refractivity contribution in [3.63, 3.8) is 0 Å². The summed E-state index contributed by atoms with van der Waals surface area (Å²) in [5.74, 6) is 0.0302. The number of hydrogen-bond acceptors (Lipinski definition) is 18. The Morgan fingerprint density at radius 2 is 1.68 bits per heavy atom. The highest BCUT2D eigenvalue weighted by molar-refractivity contribution is 7.61. The van der Waals surface area contributed by atoms with E-state index in [2.05, 4.69) is 28.3 Å². The molecule has 226 valence electrons. The summed E-state index contributed by atoms with van der Waals surface area (Å²) in [4.78, 5) is 31.6. The van der Waals surface area contributed by atoms with Crippen LogP contribution in [0, 0.1) is 0 Å². The topological polar surface area (TPSA) is 332 Å². The molecule has 4 heterocycles. The van der Waals surface area contributed by atoms with E-state index in [0.717, 1.165) is 6.33 Å². The fourth-order valence-corrected chi connectivity index (χ4v) is 6.17. The first kappa shape index (κ1) is 31.2. The van der Waals surface area contributed by atoms with Crippen LogP contribution in [0.25, 0.3) is 11.2 Å². The molecule has 2 unspecified atom stereocenters. The van der Waals surface area contributed by atoms with Crippen LogP contribution < -0.4 is 5.73 Å². The Labute approximate surface area is 223 Å². The van der Waals surface area contributed by atoms with Gasteiger partial charge in [-0.15, -0.1) is 0 Å². The Morgan fingerprint density at radius 1 is 0.975 bits per heavy atom. The Balaban J connectivity index is 1.38. The van der Waals surface area contributed by atoms with Crippen molar-refractivity contribution in [2.45, 2.75) is 61.3 Å². The number of nitrogens with two attached hydrogens (primary N) is 1. The first-order chi connectivity index (χ1) is 18.7. The molecular weight excluding hydrogens is 592 g/mol. The lowest BCUT2D eigenvalue weighted by Crippen LogP contribution is -2.61. The second-order valence-corrected chi connectivity index (χ2v) is 11.7. The van der Waals surface area contributed by atoms with E-state index in [1.54, 1.807) is 0 Å². The van der Waals surface area contributed by atoms with E-state index in [-0.39, 0.29) is 17.0 Å². The number of aliphatic hydroxyl groups excluding tert-OH is 7. The van der Waals surface area contributed by atoms with Gasteiger partial charge in [-0.3, -0.25) is 13.6 Å². The lowest BCUT2D eigenvalue weighted by molar-refractivity contribution is -0.292. The van der Waals surface area contributed by atoms with E-state index in [1.165, 1.54) is 10.9 Å². The van der Waals surface area contributed by atoms with E-state index < -0.39 is 90.2 Å². The normalized spacial score (nSPS) is 36.8. The van der Waals surface area contributed by atoms with Gasteiger partial charge < -0.3 is 60.7 Å². The predicted octanol–water partition coefficient (Wildman–Crippen LogP) is -4.56. The lowest BCUT2D eigenvalue weighted by Gasteiger charge is -2.41. The number of aromatic nitrogens is 4. The van der Waals surface area contributed by atoms with Crippen molar-refractivity contribution < 1.29 is 77.5 Å². The number of rotatable bonds is 10. The predicted molar refractivity (Wildman–Crippen MR) is 123 cm³/mol. The first-order valence-corrected chi connectivity index (χ1v) is 14.3. The smallest absolute Gasteiger partial charge is 0.394 e. The van der Waals surface area contributed by atoms with Gasteiger partial charge in [-0.1, -0.05) is 0 Å². The van der Waals surface area contributed by atoms with Crippen LogP contribution in [-0.2, 0) is 32.0 Å². The molecule has 0 amide bonds. The Hall–Kier alpha value is -1.75. The van der Waals surface area contributed by atoms with E-state index in [1.807, 2.05) is 0 Å². The van der Waals surface area contributed by atoms with Gasteiger partial charge in [-0.2, -0.15) is 4.31 Å². The molecule has 2 saturated heterocycles. The average molecular weight is 619 g/mol. The van der Waals surface area contributed by atoms with Gasteiger partial charge in [0.05, 0.1) is 19.5 Å². The van der Waals surface area contributed by atoms with Crippen molar-refractivity contribution in [2.75, 3.05) is 18.9 Å². The maximum absolute atomic E-state index is 12.3. The molecule has 40 heavy (non-hydrogen) atoms. The number of phosphoric acid groups is 2. The molecule has 0 aliphatic carbocycles. The number of hydrogen-bond donors (Lipinski definition) is 10. The van der Waals surface area contributed by atoms with Gasteiger partial charge in [0.1, 0.15) is 60.7 Å². The molecule has 0 aromatic carbocycles. The summed E-state index contributed by atoms with van der Waals surface area (Å²) in [6.45, 7) is -1.95. The van der Waals surface area contributed by atoms with Gasteiger partial charge in [-0.05, 0) is 0 Å². The number of anilines is 1. The zero-order valence-electron chi connectivity index (χ0n) is 20.0. The van der Waals surface area contributed by atoms with Crippen molar-refractivity contribution in [1.82, 2.24) is 19.5 Å². The number of nitrogens with zero attached hydrogens (tertiary/aromatic N) is 4. The van der Waals surface area contributed by atoms with Crippen LogP contribution in [0.15, 0.2) is 12.7 Å². The Kier molecular flexibility index (Phi) is 9.25. The summed E-state index contributed by atoms with van der Waals surface area (Å²) >= 11 is 0. The second kappa shape index (κ2) is 11.9. The minimum Gasteiger partial charge on any atom is -0.394 e. The standard InChI is InChI=1S/C17H27N5O16P2/c18-14-7-15(20-3-19-14)22(4-21-7)16-11(28)8(25)6(35-16)2-34-39(30,31)38-40(32,33)37-17-12(29)9(26)10(27)13(36-17)5(24)1-23/h3-6,8-13,16-17,23-29H,1-2H2,(H,30,31)(H,32,33)(H2,18,19,20)/t5-,6+,8+,9-,10-,11+,12-,13+,16+,17-/m0/s1. The molecule has 2 aromatic heterocycles. The third-order valence-corrected chi connectivity index (χ3v) is 8.62. The maximum atomic E-state index is 12.3. The fourth-order valence-electron chi connectivity index (χ4n) is 4.01. The van der Waals surface area contributed by atoms with Gasteiger partial charge in [0.25, 0.3) is 0 Å². The molecule has 0 radical (unpaired) electrons. The second-order valence-electron chi connectivity index (χ2n) is 8.74. The third kappa shape index (κ3) is 6.35. The minimum atomic E-state index is -5.65. The molecule has 2 aromatic rings. The van der Waals surface area contributed by atoms with Crippen LogP contribution in [0.3, 0.4) is 0 Å². The SMILES string of the molecule is Nc1ncnc2c1ncn2[C@@H]1O[C@H](COP(=O)(O)OP(=O)(O)O[C@@H]2O[C@H]([C@@H](O)CO)[C@@H](O)[C@H](O)[C@@H]2O)[C@@H](O)[C@H]1O. The van der Waals surface area contributed by atoms with E-state index in [4.69, 9.17) is 20.3 Å². The number of aliphatic hydroxyl groups is 7. The number of nitrogen functional groups attached to an aromatic ring is 1. The Morgan fingerprint density at radius 3 is 2.35 bits per heavy atom. The van der Waals surface area contributed by atoms with Crippen LogP contribution in [0.4, 0.5) is 5.82 Å². The van der Waals surface area contributed by atoms with Crippen molar-refractivity contribution in [3.8, 4) is 0 Å². The first-order valence-electron chi connectivity index (χ1n) is 11.3.